The van der Waals surface area contributed by atoms with Crippen LogP contribution in [0.15, 0.2) is 28.7 Å². The standard InChI is InChI=1S/C17H23BrN2O/c18-14-6-2-5-13(11-14)17(8-3-9-17)20-16(21)12-4-1-7-15(19)10-12/h2,5-6,11-12,15H,1,3-4,7-10,19H2,(H,20,21). The van der Waals surface area contributed by atoms with Gasteiger partial charge in [0, 0.05) is 16.4 Å². The average Bonchev–Trinajstić information content (AvgIpc) is 2.42. The van der Waals surface area contributed by atoms with Gasteiger partial charge in [0.25, 0.3) is 0 Å². The molecule has 0 spiro atoms. The quantitative estimate of drug-likeness (QED) is 0.876. The first-order chi connectivity index (χ1) is 10.1. The summed E-state index contributed by atoms with van der Waals surface area (Å²) in [6, 6.07) is 8.51. The van der Waals surface area contributed by atoms with Crippen LogP contribution >= 0.6 is 15.9 Å². The zero-order valence-corrected chi connectivity index (χ0v) is 13.9. The van der Waals surface area contributed by atoms with Gasteiger partial charge in [-0.3, -0.25) is 4.79 Å². The predicted octanol–water partition coefficient (Wildman–Crippen LogP) is 3.46. The third kappa shape index (κ3) is 3.16. The molecule has 2 aliphatic rings. The molecule has 0 bridgehead atoms. The lowest BCUT2D eigenvalue weighted by molar-refractivity contribution is -0.129. The maximum absolute atomic E-state index is 12.6. The highest BCUT2D eigenvalue weighted by Crippen LogP contribution is 2.42. The highest BCUT2D eigenvalue weighted by molar-refractivity contribution is 9.10. The molecule has 0 heterocycles. The van der Waals surface area contributed by atoms with Crippen molar-refractivity contribution < 1.29 is 4.79 Å². The second-order valence-electron chi connectivity index (χ2n) is 6.56. The molecule has 114 valence electrons. The summed E-state index contributed by atoms with van der Waals surface area (Å²) in [6.07, 6.45) is 7.19. The molecule has 0 aliphatic heterocycles. The zero-order valence-electron chi connectivity index (χ0n) is 12.3. The highest BCUT2D eigenvalue weighted by atomic mass is 79.9. The van der Waals surface area contributed by atoms with Crippen LogP contribution in [0.4, 0.5) is 0 Å². The smallest absolute Gasteiger partial charge is 0.223 e. The molecule has 21 heavy (non-hydrogen) atoms. The van der Waals surface area contributed by atoms with Crippen molar-refractivity contribution in [3.8, 4) is 0 Å². The van der Waals surface area contributed by atoms with E-state index in [1.165, 1.54) is 12.0 Å². The van der Waals surface area contributed by atoms with Gasteiger partial charge in [-0.05, 0) is 56.2 Å². The van der Waals surface area contributed by atoms with E-state index < -0.39 is 0 Å². The topological polar surface area (TPSA) is 55.1 Å². The Balaban J connectivity index is 1.73. The van der Waals surface area contributed by atoms with E-state index in [0.29, 0.717) is 0 Å². The summed E-state index contributed by atoms with van der Waals surface area (Å²) in [5.41, 5.74) is 7.09. The number of hydrogen-bond donors (Lipinski definition) is 2. The molecule has 4 heteroatoms. The van der Waals surface area contributed by atoms with Crippen molar-refractivity contribution in [1.82, 2.24) is 5.32 Å². The number of amides is 1. The Bertz CT molecular complexity index is 527. The van der Waals surface area contributed by atoms with E-state index in [-0.39, 0.29) is 23.4 Å². The third-order valence-electron chi connectivity index (χ3n) is 5.03. The van der Waals surface area contributed by atoms with Gasteiger partial charge < -0.3 is 11.1 Å². The molecule has 2 fully saturated rings. The van der Waals surface area contributed by atoms with Crippen molar-refractivity contribution in [2.45, 2.75) is 56.5 Å². The minimum absolute atomic E-state index is 0.0957. The van der Waals surface area contributed by atoms with E-state index >= 15 is 0 Å². The van der Waals surface area contributed by atoms with E-state index in [2.05, 4.69) is 33.4 Å². The van der Waals surface area contributed by atoms with Gasteiger partial charge in [-0.1, -0.05) is 34.5 Å². The van der Waals surface area contributed by atoms with Crippen LogP contribution in [0.25, 0.3) is 0 Å². The summed E-state index contributed by atoms with van der Waals surface area (Å²) in [4.78, 5) is 12.6. The number of nitrogens with two attached hydrogens (primary N) is 1. The summed E-state index contributed by atoms with van der Waals surface area (Å²) in [7, 11) is 0. The fraction of sp³-hybridized carbons (Fsp3) is 0.588. The van der Waals surface area contributed by atoms with Crippen LogP contribution in [0.5, 0.6) is 0 Å². The third-order valence-corrected chi connectivity index (χ3v) is 5.53. The Morgan fingerprint density at radius 1 is 1.29 bits per heavy atom. The Kier molecular flexibility index (Phi) is 4.36. The normalized spacial score (nSPS) is 27.7. The molecule has 2 aliphatic carbocycles. The van der Waals surface area contributed by atoms with Crippen LogP contribution in [0.2, 0.25) is 0 Å². The van der Waals surface area contributed by atoms with Crippen molar-refractivity contribution in [3.05, 3.63) is 34.3 Å². The monoisotopic (exact) mass is 350 g/mol. The molecule has 0 aromatic heterocycles. The van der Waals surface area contributed by atoms with Gasteiger partial charge in [-0.15, -0.1) is 0 Å². The van der Waals surface area contributed by atoms with Crippen LogP contribution in [0.1, 0.15) is 50.5 Å². The maximum Gasteiger partial charge on any atom is 0.223 e. The van der Waals surface area contributed by atoms with Crippen molar-refractivity contribution in [2.24, 2.45) is 11.7 Å². The van der Waals surface area contributed by atoms with Gasteiger partial charge in [-0.2, -0.15) is 0 Å². The molecule has 2 atom stereocenters. The van der Waals surface area contributed by atoms with Gasteiger partial charge in [0.05, 0.1) is 5.54 Å². The van der Waals surface area contributed by atoms with Crippen LogP contribution in [0, 0.1) is 5.92 Å². The first kappa shape index (κ1) is 15.0. The molecule has 3 nitrogen and oxygen atoms in total. The first-order valence-electron chi connectivity index (χ1n) is 7.93. The number of hydrogen-bond acceptors (Lipinski definition) is 2. The molecule has 3 N–H and O–H groups in total. The summed E-state index contributed by atoms with van der Waals surface area (Å²) >= 11 is 3.53. The molecule has 2 unspecified atom stereocenters. The highest BCUT2D eigenvalue weighted by Gasteiger charge is 2.41. The minimum Gasteiger partial charge on any atom is -0.346 e. The number of carbonyl (C=O) groups excluding carboxylic acids is 1. The molecule has 1 aromatic rings. The molecule has 1 aromatic carbocycles. The number of carbonyl (C=O) groups is 1. The molecule has 0 saturated heterocycles. The second kappa shape index (κ2) is 6.09. The molecule has 3 rings (SSSR count). The number of nitrogens with one attached hydrogen (secondary N) is 1. The summed E-state index contributed by atoms with van der Waals surface area (Å²) < 4.78 is 1.07. The van der Waals surface area contributed by atoms with Gasteiger partial charge in [0.2, 0.25) is 5.91 Å². The Morgan fingerprint density at radius 2 is 2.10 bits per heavy atom. The van der Waals surface area contributed by atoms with Crippen LogP contribution in [-0.4, -0.2) is 11.9 Å². The largest absolute Gasteiger partial charge is 0.346 e. The molecule has 2 saturated carbocycles. The van der Waals surface area contributed by atoms with Crippen LogP contribution in [0.3, 0.4) is 0 Å². The number of rotatable bonds is 3. The van der Waals surface area contributed by atoms with Crippen LogP contribution in [-0.2, 0) is 10.3 Å². The predicted molar refractivity (Wildman–Crippen MR) is 87.7 cm³/mol. The van der Waals surface area contributed by atoms with Crippen LogP contribution < -0.4 is 11.1 Å². The second-order valence-corrected chi connectivity index (χ2v) is 7.47. The summed E-state index contributed by atoms with van der Waals surface area (Å²) in [5.74, 6) is 0.295. The molecular formula is C17H23BrN2O. The fourth-order valence-electron chi connectivity index (χ4n) is 3.61. The van der Waals surface area contributed by atoms with E-state index in [1.54, 1.807) is 0 Å². The summed E-state index contributed by atoms with van der Waals surface area (Å²) in [5, 5.41) is 3.35. The van der Waals surface area contributed by atoms with Crippen molar-refractivity contribution in [3.63, 3.8) is 0 Å². The first-order valence-corrected chi connectivity index (χ1v) is 8.72. The lowest BCUT2D eigenvalue weighted by atomic mass is 9.71. The maximum atomic E-state index is 12.6. The van der Waals surface area contributed by atoms with Gasteiger partial charge >= 0.3 is 0 Å². The van der Waals surface area contributed by atoms with E-state index in [4.69, 9.17) is 5.73 Å². The Morgan fingerprint density at radius 3 is 2.71 bits per heavy atom. The lowest BCUT2D eigenvalue weighted by Crippen LogP contribution is -2.53. The zero-order chi connectivity index (χ0) is 14.9. The molecular weight excluding hydrogens is 328 g/mol. The van der Waals surface area contributed by atoms with E-state index in [1.807, 2.05) is 12.1 Å². The lowest BCUT2D eigenvalue weighted by Gasteiger charge is -2.44. The van der Waals surface area contributed by atoms with Gasteiger partial charge in [-0.25, -0.2) is 0 Å². The van der Waals surface area contributed by atoms with Crippen molar-refractivity contribution >= 4 is 21.8 Å². The summed E-state index contributed by atoms with van der Waals surface area (Å²) in [6.45, 7) is 0. The number of benzene rings is 1. The van der Waals surface area contributed by atoms with E-state index in [0.717, 1.165) is 43.0 Å². The van der Waals surface area contributed by atoms with Crippen molar-refractivity contribution in [2.75, 3.05) is 0 Å². The van der Waals surface area contributed by atoms with Crippen molar-refractivity contribution in [1.29, 1.82) is 0 Å². The SMILES string of the molecule is NC1CCCC(C(=O)NC2(c3cccc(Br)c3)CCC2)C1. The minimum atomic E-state index is -0.150. The van der Waals surface area contributed by atoms with E-state index in [9.17, 15) is 4.79 Å². The molecule has 1 amide bonds. The average molecular weight is 351 g/mol. The van der Waals surface area contributed by atoms with Gasteiger partial charge in [0.1, 0.15) is 0 Å². The Hall–Kier alpha value is -0.870. The molecule has 0 radical (unpaired) electrons. The Labute approximate surface area is 134 Å². The number of halogens is 1. The van der Waals surface area contributed by atoms with Gasteiger partial charge in [0.15, 0.2) is 0 Å². The fourth-order valence-corrected chi connectivity index (χ4v) is 4.01.